The van der Waals surface area contributed by atoms with E-state index in [1.54, 1.807) is 0 Å². The summed E-state index contributed by atoms with van der Waals surface area (Å²) >= 11 is 0. The molecule has 0 aliphatic carbocycles. The summed E-state index contributed by atoms with van der Waals surface area (Å²) in [7, 11) is 1.49. The molecular formula is C63H121NO8P+. The molecule has 10 heteroatoms. The average Bonchev–Trinajstić information content (AvgIpc) is 3.35. The van der Waals surface area contributed by atoms with Gasteiger partial charge in [0.1, 0.15) is 19.8 Å². The summed E-state index contributed by atoms with van der Waals surface area (Å²) in [6.45, 7) is 4.45. The van der Waals surface area contributed by atoms with Gasteiger partial charge in [-0.05, 0) is 70.6 Å². The number of carbonyl (C=O) groups is 2. The highest BCUT2D eigenvalue weighted by Crippen LogP contribution is 2.43. The number of allylic oxidation sites excluding steroid dienone is 6. The number of unbranched alkanes of at least 4 members (excludes halogenated alkanes) is 38. The number of rotatable bonds is 58. The van der Waals surface area contributed by atoms with Gasteiger partial charge in [0.05, 0.1) is 27.7 Å². The Hall–Kier alpha value is -1.77. The molecular weight excluding hydrogens is 930 g/mol. The Morgan fingerprint density at radius 2 is 0.740 bits per heavy atom. The van der Waals surface area contributed by atoms with Crippen LogP contribution in [0.2, 0.25) is 0 Å². The maximum Gasteiger partial charge on any atom is 0.472 e. The lowest BCUT2D eigenvalue weighted by molar-refractivity contribution is -0.870. The van der Waals surface area contributed by atoms with Gasteiger partial charge in [0, 0.05) is 12.8 Å². The van der Waals surface area contributed by atoms with Gasteiger partial charge >= 0.3 is 19.8 Å². The summed E-state index contributed by atoms with van der Waals surface area (Å²) in [5.41, 5.74) is 0. The van der Waals surface area contributed by atoms with Gasteiger partial charge in [-0.2, -0.15) is 0 Å². The van der Waals surface area contributed by atoms with Gasteiger partial charge < -0.3 is 18.9 Å². The zero-order valence-electron chi connectivity index (χ0n) is 48.9. The number of quaternary nitrogens is 1. The second-order valence-electron chi connectivity index (χ2n) is 22.4. The number of esters is 2. The lowest BCUT2D eigenvalue weighted by atomic mass is 10.0. The predicted molar refractivity (Wildman–Crippen MR) is 312 cm³/mol. The summed E-state index contributed by atoms with van der Waals surface area (Å²) in [6, 6.07) is 0. The topological polar surface area (TPSA) is 108 Å². The summed E-state index contributed by atoms with van der Waals surface area (Å²) in [5.74, 6) is -0.793. The third kappa shape index (κ3) is 59.3. The van der Waals surface area contributed by atoms with Crippen LogP contribution in [-0.4, -0.2) is 74.9 Å². The van der Waals surface area contributed by atoms with Crippen LogP contribution in [0.5, 0.6) is 0 Å². The van der Waals surface area contributed by atoms with Crippen LogP contribution >= 0.6 is 7.82 Å². The lowest BCUT2D eigenvalue weighted by Gasteiger charge is -2.24. The third-order valence-corrected chi connectivity index (χ3v) is 14.9. The van der Waals surface area contributed by atoms with Crippen molar-refractivity contribution in [3.05, 3.63) is 36.5 Å². The Kier molecular flexibility index (Phi) is 53.7. The first-order chi connectivity index (χ1) is 35.5. The van der Waals surface area contributed by atoms with E-state index in [2.05, 4.69) is 50.3 Å². The van der Waals surface area contributed by atoms with Crippen LogP contribution in [0.1, 0.15) is 303 Å². The number of hydrogen-bond acceptors (Lipinski definition) is 7. The van der Waals surface area contributed by atoms with Crippen LogP contribution in [-0.2, 0) is 32.7 Å². The van der Waals surface area contributed by atoms with Crippen LogP contribution in [0.15, 0.2) is 36.5 Å². The molecule has 0 radical (unpaired) electrons. The normalized spacial score (nSPS) is 13.5. The summed E-state index contributed by atoms with van der Waals surface area (Å²) in [4.78, 5) is 35.7. The van der Waals surface area contributed by atoms with E-state index in [0.29, 0.717) is 17.4 Å². The molecule has 9 nitrogen and oxygen atoms in total. The molecule has 0 amide bonds. The van der Waals surface area contributed by atoms with Crippen LogP contribution in [0.25, 0.3) is 0 Å². The number of nitrogens with zero attached hydrogens (tertiary/aromatic N) is 1. The molecule has 0 bridgehead atoms. The molecule has 0 aromatic rings. The maximum absolute atomic E-state index is 12.8. The van der Waals surface area contributed by atoms with Crippen molar-refractivity contribution in [1.82, 2.24) is 0 Å². The minimum absolute atomic E-state index is 0.0324. The Morgan fingerprint density at radius 1 is 0.425 bits per heavy atom. The Labute approximate surface area is 452 Å². The molecule has 0 spiro atoms. The fraction of sp³-hybridized carbons (Fsp3) is 0.873. The second kappa shape index (κ2) is 55.0. The van der Waals surface area contributed by atoms with Crippen molar-refractivity contribution < 1.29 is 42.1 Å². The average molecular weight is 1050 g/mol. The minimum atomic E-state index is -4.38. The van der Waals surface area contributed by atoms with E-state index in [9.17, 15) is 19.0 Å². The standard InChI is InChI=1S/C63H120NO8P/c1-6-8-10-12-14-16-18-20-22-24-25-26-27-28-29-30-31-32-33-34-35-36-37-38-39-40-42-44-46-48-50-52-54-56-63(66)72-61(60-71-73(67,68)70-58-57-64(3,4)5)59-69-62(65)55-53-51-49-47-45-43-41-23-21-19-17-15-13-11-9-7-2/h18,20,23-25,41,61H,6-17,19,21-22,26-40,42-60H2,1-5H3/p+1/b20-18-,25-24-,41-23-. The molecule has 0 rings (SSSR count). The van der Waals surface area contributed by atoms with Crippen LogP contribution < -0.4 is 0 Å². The molecule has 0 saturated heterocycles. The summed E-state index contributed by atoms with van der Waals surface area (Å²) < 4.78 is 34.6. The van der Waals surface area contributed by atoms with Crippen molar-refractivity contribution in [2.24, 2.45) is 0 Å². The van der Waals surface area contributed by atoms with Crippen molar-refractivity contribution in [2.75, 3.05) is 47.5 Å². The quantitative estimate of drug-likeness (QED) is 0.0211. The zero-order valence-corrected chi connectivity index (χ0v) is 49.8. The largest absolute Gasteiger partial charge is 0.472 e. The van der Waals surface area contributed by atoms with Gasteiger partial charge in [-0.1, -0.05) is 256 Å². The Morgan fingerprint density at radius 3 is 1.10 bits per heavy atom. The van der Waals surface area contributed by atoms with Gasteiger partial charge in [-0.15, -0.1) is 0 Å². The van der Waals surface area contributed by atoms with Crippen LogP contribution in [0.3, 0.4) is 0 Å². The monoisotopic (exact) mass is 1050 g/mol. The van der Waals surface area contributed by atoms with Crippen molar-refractivity contribution in [2.45, 2.75) is 309 Å². The highest BCUT2D eigenvalue weighted by Gasteiger charge is 2.27. The van der Waals surface area contributed by atoms with Gasteiger partial charge in [-0.3, -0.25) is 18.6 Å². The molecule has 0 heterocycles. The molecule has 73 heavy (non-hydrogen) atoms. The summed E-state index contributed by atoms with van der Waals surface area (Å²) in [5, 5.41) is 0. The fourth-order valence-electron chi connectivity index (χ4n) is 9.04. The van der Waals surface area contributed by atoms with Gasteiger partial charge in [0.2, 0.25) is 0 Å². The molecule has 0 aromatic carbocycles. The highest BCUT2D eigenvalue weighted by atomic mass is 31.2. The molecule has 0 aromatic heterocycles. The molecule has 1 N–H and O–H groups in total. The van der Waals surface area contributed by atoms with Crippen molar-refractivity contribution in [3.63, 3.8) is 0 Å². The van der Waals surface area contributed by atoms with Crippen LogP contribution in [0, 0.1) is 0 Å². The lowest BCUT2D eigenvalue weighted by Crippen LogP contribution is -2.37. The van der Waals surface area contributed by atoms with Gasteiger partial charge in [-0.25, -0.2) is 4.57 Å². The smallest absolute Gasteiger partial charge is 0.462 e. The van der Waals surface area contributed by atoms with Crippen molar-refractivity contribution in [3.8, 4) is 0 Å². The molecule has 0 fully saturated rings. The van der Waals surface area contributed by atoms with E-state index in [4.69, 9.17) is 18.5 Å². The second-order valence-corrected chi connectivity index (χ2v) is 23.9. The molecule has 0 aliphatic heterocycles. The van der Waals surface area contributed by atoms with E-state index >= 15 is 0 Å². The van der Waals surface area contributed by atoms with Gasteiger partial charge in [0.25, 0.3) is 0 Å². The number of phosphoric ester groups is 1. The number of carbonyl (C=O) groups excluding carboxylic acids is 2. The van der Waals surface area contributed by atoms with Crippen molar-refractivity contribution in [1.29, 1.82) is 0 Å². The first-order valence-corrected chi connectivity index (χ1v) is 32.7. The number of ether oxygens (including phenoxy) is 2. The SMILES string of the molecule is CCCCCCC/C=C\C/C=C\CCCCCCCCCCCCCCCCCCCCCCCC(=O)OC(COC(=O)CCCCCCC/C=C\CCCCCCCCC)COP(=O)(O)OCC[N+](C)(C)C. The first-order valence-electron chi connectivity index (χ1n) is 31.2. The Bertz CT molecular complexity index is 1330. The predicted octanol–water partition coefficient (Wildman–Crippen LogP) is 19.5. The van der Waals surface area contributed by atoms with Crippen molar-refractivity contribution >= 4 is 19.8 Å². The van der Waals surface area contributed by atoms with E-state index in [1.807, 2.05) is 21.1 Å². The van der Waals surface area contributed by atoms with E-state index in [1.165, 1.54) is 212 Å². The first kappa shape index (κ1) is 71.2. The number of hydrogen-bond donors (Lipinski definition) is 1. The molecule has 2 unspecified atom stereocenters. The molecule has 0 aliphatic rings. The van der Waals surface area contributed by atoms with Gasteiger partial charge in [0.15, 0.2) is 6.10 Å². The van der Waals surface area contributed by atoms with E-state index < -0.39 is 26.5 Å². The Balaban J connectivity index is 4.00. The minimum Gasteiger partial charge on any atom is -0.462 e. The maximum atomic E-state index is 12.8. The van der Waals surface area contributed by atoms with E-state index in [-0.39, 0.29) is 32.0 Å². The highest BCUT2D eigenvalue weighted by molar-refractivity contribution is 7.47. The summed E-state index contributed by atoms with van der Waals surface area (Å²) in [6.07, 6.45) is 68.1. The number of likely N-dealkylation sites (N-methyl/N-ethyl adjacent to an activating group) is 1. The van der Waals surface area contributed by atoms with E-state index in [0.717, 1.165) is 57.8 Å². The molecule has 0 saturated carbocycles. The fourth-order valence-corrected chi connectivity index (χ4v) is 9.78. The number of phosphoric acid groups is 1. The zero-order chi connectivity index (χ0) is 53.5. The third-order valence-electron chi connectivity index (χ3n) is 13.9. The van der Waals surface area contributed by atoms with Crippen LogP contribution in [0.4, 0.5) is 0 Å². The molecule has 2 atom stereocenters. The molecule has 430 valence electrons.